The standard InChI is InChI=1S/C72H52N2O5/c1-71(2,3)41-23-27-43(28-24-41)73(45-31-33-62-52(37-45)47-15-7-11-19-58(47)76-62)56-39-54-49-35-36-75-68(49)55-40-57(65-51-18-10-14-22-61(51)79-70(65)67(55)66(54)69-64(56)50-17-9-13-21-60(50)78-69)74(44-29-25-42(26-30-44)72(4,5)6)46-32-34-63-53(38-46)48-16-8-12-20-59(48)77-63/h7-40H,1-6H3. The largest absolute Gasteiger partial charge is 0.464 e. The fourth-order valence-corrected chi connectivity index (χ4v) is 12.5. The van der Waals surface area contributed by atoms with E-state index in [4.69, 9.17) is 22.1 Å². The molecule has 0 radical (unpaired) electrons. The monoisotopic (exact) mass is 1020 g/mol. The molecule has 0 saturated carbocycles. The van der Waals surface area contributed by atoms with E-state index in [0.717, 1.165) is 154 Å². The zero-order valence-corrected chi connectivity index (χ0v) is 44.6. The minimum atomic E-state index is -0.0427. The van der Waals surface area contributed by atoms with Gasteiger partial charge in [-0.05, 0) is 130 Å². The zero-order valence-electron chi connectivity index (χ0n) is 44.6. The number of furan rings is 5. The van der Waals surface area contributed by atoms with Crippen LogP contribution in [0.25, 0.3) is 120 Å². The number of hydrogen-bond donors (Lipinski definition) is 0. The summed E-state index contributed by atoms with van der Waals surface area (Å²) >= 11 is 0. The smallest absolute Gasteiger partial charge is 0.146 e. The Morgan fingerprint density at radius 3 is 1.11 bits per heavy atom. The highest BCUT2D eigenvalue weighted by Gasteiger charge is 2.31. The van der Waals surface area contributed by atoms with Crippen molar-refractivity contribution in [2.45, 2.75) is 52.4 Å². The number of anilines is 6. The Morgan fingerprint density at radius 2 is 0.658 bits per heavy atom. The van der Waals surface area contributed by atoms with Crippen LogP contribution in [0.2, 0.25) is 0 Å². The summed E-state index contributed by atoms with van der Waals surface area (Å²) in [6.07, 6.45) is 1.82. The maximum atomic E-state index is 7.35. The zero-order chi connectivity index (χ0) is 53.1. The highest BCUT2D eigenvalue weighted by atomic mass is 16.3. The lowest BCUT2D eigenvalue weighted by atomic mass is 9.87. The van der Waals surface area contributed by atoms with Gasteiger partial charge in [0, 0.05) is 76.6 Å². The fraction of sp³-hybridized carbons (Fsp3) is 0.111. The van der Waals surface area contributed by atoms with Gasteiger partial charge in [-0.3, -0.25) is 0 Å². The average molecular weight is 1030 g/mol. The molecule has 0 amide bonds. The summed E-state index contributed by atoms with van der Waals surface area (Å²) < 4.78 is 34.3. The first-order valence-electron chi connectivity index (χ1n) is 27.1. The van der Waals surface area contributed by atoms with Crippen LogP contribution in [0.4, 0.5) is 34.1 Å². The molecular weight excluding hydrogens is 973 g/mol. The van der Waals surface area contributed by atoms with Crippen molar-refractivity contribution in [3.63, 3.8) is 0 Å². The Hall–Kier alpha value is -9.72. The molecule has 7 nitrogen and oxygen atoms in total. The van der Waals surface area contributed by atoms with Gasteiger partial charge in [0.1, 0.15) is 50.2 Å². The van der Waals surface area contributed by atoms with E-state index in [2.05, 4.69) is 221 Å². The van der Waals surface area contributed by atoms with E-state index in [0.29, 0.717) is 0 Å². The van der Waals surface area contributed by atoms with Gasteiger partial charge in [0.15, 0.2) is 0 Å². The number of benzene rings is 11. The average Bonchev–Trinajstić information content (AvgIpc) is 3.69. The van der Waals surface area contributed by atoms with Gasteiger partial charge in [-0.15, -0.1) is 0 Å². The highest BCUT2D eigenvalue weighted by Crippen LogP contribution is 2.55. The lowest BCUT2D eigenvalue weighted by Gasteiger charge is -2.29. The van der Waals surface area contributed by atoms with Gasteiger partial charge in [0.05, 0.1) is 28.4 Å². The SMILES string of the molecule is CC(C)(C)c1ccc(N(c2ccc3oc4ccccc4c3c2)c2cc3c4ccoc4c4cc(N(c5ccc(C(C)(C)C)cc5)c5ccc6oc7ccccc7c6c5)c5c6ccccc6oc5c4c3c3oc4ccccc4c23)cc1. The van der Waals surface area contributed by atoms with E-state index in [1.54, 1.807) is 0 Å². The molecule has 16 aromatic rings. The second-order valence-corrected chi connectivity index (χ2v) is 23.2. The Balaban J connectivity index is 1.04. The summed E-state index contributed by atoms with van der Waals surface area (Å²) in [5.74, 6) is 0. The minimum Gasteiger partial charge on any atom is -0.464 e. The van der Waals surface area contributed by atoms with Gasteiger partial charge in [-0.1, -0.05) is 139 Å². The first-order chi connectivity index (χ1) is 38.4. The van der Waals surface area contributed by atoms with E-state index in [9.17, 15) is 0 Å². The Kier molecular flexibility index (Phi) is 9.44. The number of para-hydroxylation sites is 4. The van der Waals surface area contributed by atoms with Crippen molar-refractivity contribution in [3.8, 4) is 0 Å². The van der Waals surface area contributed by atoms with Gasteiger partial charge in [0.25, 0.3) is 0 Å². The lowest BCUT2D eigenvalue weighted by molar-refractivity contribution is 0.590. The van der Waals surface area contributed by atoms with Crippen molar-refractivity contribution in [2.24, 2.45) is 0 Å². The molecule has 380 valence electrons. The lowest BCUT2D eigenvalue weighted by Crippen LogP contribution is -2.13. The molecule has 0 N–H and O–H groups in total. The van der Waals surface area contributed by atoms with Gasteiger partial charge in [-0.25, -0.2) is 0 Å². The molecule has 5 heterocycles. The molecule has 0 aliphatic heterocycles. The van der Waals surface area contributed by atoms with Gasteiger partial charge in [-0.2, -0.15) is 0 Å². The molecule has 7 heteroatoms. The number of rotatable bonds is 6. The van der Waals surface area contributed by atoms with Crippen LogP contribution in [0.1, 0.15) is 52.7 Å². The topological polar surface area (TPSA) is 72.2 Å². The molecular formula is C72H52N2O5. The molecule has 0 saturated heterocycles. The molecule has 11 aromatic carbocycles. The van der Waals surface area contributed by atoms with Crippen molar-refractivity contribution in [3.05, 3.63) is 218 Å². The maximum absolute atomic E-state index is 7.35. The van der Waals surface area contributed by atoms with Crippen LogP contribution in [0.15, 0.2) is 229 Å². The van der Waals surface area contributed by atoms with Crippen LogP contribution in [0.3, 0.4) is 0 Å². The summed E-state index contributed by atoms with van der Waals surface area (Å²) in [6.45, 7) is 13.5. The van der Waals surface area contributed by atoms with E-state index >= 15 is 0 Å². The van der Waals surface area contributed by atoms with E-state index in [1.165, 1.54) is 11.1 Å². The summed E-state index contributed by atoms with van der Waals surface area (Å²) in [7, 11) is 0. The van der Waals surface area contributed by atoms with Crippen molar-refractivity contribution < 1.29 is 22.1 Å². The van der Waals surface area contributed by atoms with Crippen molar-refractivity contribution in [1.82, 2.24) is 0 Å². The third-order valence-electron chi connectivity index (χ3n) is 16.4. The summed E-state index contributed by atoms with van der Waals surface area (Å²) in [4.78, 5) is 4.76. The minimum absolute atomic E-state index is 0.0407. The highest BCUT2D eigenvalue weighted by molar-refractivity contribution is 6.40. The van der Waals surface area contributed by atoms with Crippen molar-refractivity contribution in [1.29, 1.82) is 0 Å². The first-order valence-corrected chi connectivity index (χ1v) is 27.1. The molecule has 0 fully saturated rings. The molecule has 0 bridgehead atoms. The summed E-state index contributed by atoms with van der Waals surface area (Å²) in [6, 6.07) is 71.2. The van der Waals surface area contributed by atoms with E-state index in [1.807, 2.05) is 36.6 Å². The maximum Gasteiger partial charge on any atom is 0.146 e. The van der Waals surface area contributed by atoms with Gasteiger partial charge in [0.2, 0.25) is 0 Å². The van der Waals surface area contributed by atoms with Crippen LogP contribution in [0, 0.1) is 0 Å². The van der Waals surface area contributed by atoms with Crippen molar-refractivity contribution >= 4 is 154 Å². The van der Waals surface area contributed by atoms with Crippen LogP contribution >= 0.6 is 0 Å². The Labute approximate surface area is 454 Å². The van der Waals surface area contributed by atoms with E-state index < -0.39 is 0 Å². The number of nitrogens with zero attached hydrogens (tertiary/aromatic N) is 2. The molecule has 0 unspecified atom stereocenters. The predicted octanol–water partition coefficient (Wildman–Crippen LogP) is 21.9. The van der Waals surface area contributed by atoms with Crippen LogP contribution < -0.4 is 9.80 Å². The van der Waals surface area contributed by atoms with Gasteiger partial charge < -0.3 is 31.9 Å². The molecule has 0 aliphatic carbocycles. The fourth-order valence-electron chi connectivity index (χ4n) is 12.5. The molecule has 79 heavy (non-hydrogen) atoms. The molecule has 16 rings (SSSR count). The quantitative estimate of drug-likeness (QED) is 0.154. The summed E-state index contributed by atoms with van der Waals surface area (Å²) in [5, 5.41) is 12.9. The molecule has 0 aliphatic rings. The van der Waals surface area contributed by atoms with Crippen LogP contribution in [-0.2, 0) is 10.8 Å². The molecule has 0 atom stereocenters. The number of hydrogen-bond acceptors (Lipinski definition) is 7. The summed E-state index contributed by atoms with van der Waals surface area (Å²) in [5.41, 5.74) is 15.5. The molecule has 0 spiro atoms. The molecule has 5 aromatic heterocycles. The van der Waals surface area contributed by atoms with Crippen LogP contribution in [0.5, 0.6) is 0 Å². The normalized spacial score (nSPS) is 12.7. The second kappa shape index (κ2) is 16.4. The van der Waals surface area contributed by atoms with Crippen molar-refractivity contribution in [2.75, 3.05) is 9.80 Å². The van der Waals surface area contributed by atoms with Crippen LogP contribution in [-0.4, -0.2) is 0 Å². The third kappa shape index (κ3) is 6.78. The predicted molar refractivity (Wildman–Crippen MR) is 327 cm³/mol. The third-order valence-corrected chi connectivity index (χ3v) is 16.4. The Bertz CT molecular complexity index is 4840. The Morgan fingerprint density at radius 1 is 0.278 bits per heavy atom. The van der Waals surface area contributed by atoms with E-state index in [-0.39, 0.29) is 10.8 Å². The second-order valence-electron chi connectivity index (χ2n) is 23.2. The van der Waals surface area contributed by atoms with Gasteiger partial charge >= 0.3 is 0 Å². The first kappa shape index (κ1) is 45.5. The number of fused-ring (bicyclic) bond motifs is 20.